The van der Waals surface area contributed by atoms with Gasteiger partial charge < -0.3 is 4.74 Å². The van der Waals surface area contributed by atoms with E-state index in [1.165, 1.54) is 11.8 Å². The normalized spacial score (nSPS) is 11.0. The molecule has 0 spiro atoms. The number of hydrogen-bond acceptors (Lipinski definition) is 6. The molecule has 2 aromatic carbocycles. The highest BCUT2D eigenvalue weighted by atomic mass is 16.5. The number of aromatic nitrogens is 4. The average molecular weight is 360 g/mol. The highest BCUT2D eigenvalue weighted by Gasteiger charge is 2.20. The molecule has 134 valence electrons. The van der Waals surface area contributed by atoms with E-state index in [4.69, 9.17) is 4.74 Å². The van der Waals surface area contributed by atoms with E-state index in [1.54, 1.807) is 24.3 Å². The zero-order valence-corrected chi connectivity index (χ0v) is 14.8. The van der Waals surface area contributed by atoms with E-state index in [2.05, 4.69) is 15.3 Å². The van der Waals surface area contributed by atoms with Crippen molar-refractivity contribution in [1.29, 1.82) is 0 Å². The molecule has 0 atom stereocenters. The first-order valence-corrected chi connectivity index (χ1v) is 8.39. The number of methoxy groups -OCH3 is 1. The Bertz CT molecular complexity index is 1250. The van der Waals surface area contributed by atoms with Gasteiger partial charge >= 0.3 is 5.97 Å². The summed E-state index contributed by atoms with van der Waals surface area (Å²) in [5, 5.41) is 9.41. The summed E-state index contributed by atoms with van der Waals surface area (Å²) in [4.78, 5) is 29.7. The van der Waals surface area contributed by atoms with Crippen molar-refractivity contribution in [1.82, 2.24) is 20.0 Å². The second kappa shape index (κ2) is 6.60. The molecule has 4 aromatic rings. The minimum absolute atomic E-state index is 0.0206. The Hall–Kier alpha value is -3.61. The SMILES string of the molecule is COC(=O)c1c(Cn2nnc3ccccc3c2=O)nc2ccccc2c1C. The number of rotatable bonds is 3. The lowest BCUT2D eigenvalue weighted by Gasteiger charge is -2.13. The highest BCUT2D eigenvalue weighted by Crippen LogP contribution is 2.24. The van der Waals surface area contributed by atoms with Gasteiger partial charge in [-0.15, -0.1) is 5.10 Å². The first-order chi connectivity index (χ1) is 13.1. The van der Waals surface area contributed by atoms with Crippen LogP contribution in [0.2, 0.25) is 0 Å². The predicted molar refractivity (Wildman–Crippen MR) is 101 cm³/mol. The maximum Gasteiger partial charge on any atom is 0.340 e. The van der Waals surface area contributed by atoms with Crippen molar-refractivity contribution in [2.45, 2.75) is 13.5 Å². The Kier molecular flexibility index (Phi) is 4.12. The maximum absolute atomic E-state index is 12.7. The zero-order valence-electron chi connectivity index (χ0n) is 14.8. The van der Waals surface area contributed by atoms with Gasteiger partial charge in [-0.05, 0) is 30.7 Å². The van der Waals surface area contributed by atoms with E-state index in [9.17, 15) is 9.59 Å². The molecule has 7 nitrogen and oxygen atoms in total. The van der Waals surface area contributed by atoms with Crippen LogP contribution in [0.4, 0.5) is 0 Å². The Labute approximate surface area is 154 Å². The number of para-hydroxylation sites is 1. The first-order valence-electron chi connectivity index (χ1n) is 8.39. The molecule has 0 saturated carbocycles. The number of fused-ring (bicyclic) bond motifs is 2. The van der Waals surface area contributed by atoms with Crippen LogP contribution in [0.5, 0.6) is 0 Å². The van der Waals surface area contributed by atoms with Gasteiger partial charge in [0.2, 0.25) is 0 Å². The molecule has 0 radical (unpaired) electrons. The third-order valence-electron chi connectivity index (χ3n) is 4.55. The van der Waals surface area contributed by atoms with E-state index < -0.39 is 5.97 Å². The van der Waals surface area contributed by atoms with Crippen LogP contribution in [0.1, 0.15) is 21.6 Å². The van der Waals surface area contributed by atoms with Gasteiger partial charge in [-0.25, -0.2) is 14.5 Å². The van der Waals surface area contributed by atoms with Crippen molar-refractivity contribution in [2.75, 3.05) is 7.11 Å². The molecule has 0 bridgehead atoms. The summed E-state index contributed by atoms with van der Waals surface area (Å²) in [5.41, 5.74) is 2.49. The summed E-state index contributed by atoms with van der Waals surface area (Å²) >= 11 is 0. The molecular weight excluding hydrogens is 344 g/mol. The molecular formula is C20H16N4O3. The third kappa shape index (κ3) is 2.83. The molecule has 0 saturated heterocycles. The molecule has 0 fully saturated rings. The standard InChI is InChI=1S/C20H16N4O3/c1-12-13-7-3-5-9-15(13)21-17(18(12)20(26)27-2)11-24-19(25)14-8-4-6-10-16(14)22-23-24/h3-10H,11H2,1-2H3. The van der Waals surface area contributed by atoms with E-state index in [-0.39, 0.29) is 12.1 Å². The molecule has 4 rings (SSSR count). The average Bonchev–Trinajstić information content (AvgIpc) is 2.70. The fourth-order valence-electron chi connectivity index (χ4n) is 3.20. The Balaban J connectivity index is 1.92. The number of hydrogen-bond donors (Lipinski definition) is 0. The molecule has 2 aromatic heterocycles. The van der Waals surface area contributed by atoms with E-state index in [1.807, 2.05) is 31.2 Å². The molecule has 0 aliphatic rings. The number of carbonyl (C=O) groups excluding carboxylic acids is 1. The van der Waals surface area contributed by atoms with Gasteiger partial charge in [-0.3, -0.25) is 4.79 Å². The van der Waals surface area contributed by atoms with E-state index >= 15 is 0 Å². The number of carbonyl (C=O) groups is 1. The molecule has 2 heterocycles. The van der Waals surface area contributed by atoms with Crippen LogP contribution in [-0.2, 0) is 11.3 Å². The van der Waals surface area contributed by atoms with Crippen LogP contribution in [0.3, 0.4) is 0 Å². The third-order valence-corrected chi connectivity index (χ3v) is 4.55. The fourth-order valence-corrected chi connectivity index (χ4v) is 3.20. The van der Waals surface area contributed by atoms with Crippen LogP contribution in [-0.4, -0.2) is 33.1 Å². The summed E-state index contributed by atoms with van der Waals surface area (Å²) in [6.07, 6.45) is 0. The maximum atomic E-state index is 12.7. The van der Waals surface area contributed by atoms with E-state index in [0.29, 0.717) is 22.2 Å². The van der Waals surface area contributed by atoms with E-state index in [0.717, 1.165) is 16.5 Å². The van der Waals surface area contributed by atoms with Crippen LogP contribution in [0.25, 0.3) is 21.8 Å². The molecule has 7 heteroatoms. The lowest BCUT2D eigenvalue weighted by molar-refractivity contribution is 0.0598. The van der Waals surface area contributed by atoms with Crippen molar-refractivity contribution in [3.8, 4) is 0 Å². The van der Waals surface area contributed by atoms with Gasteiger partial charge in [-0.2, -0.15) is 0 Å². The predicted octanol–water partition coefficient (Wildman–Crippen LogP) is 2.48. The second-order valence-electron chi connectivity index (χ2n) is 6.14. The summed E-state index contributed by atoms with van der Waals surface area (Å²) in [5.74, 6) is -0.498. The number of pyridine rings is 1. The lowest BCUT2D eigenvalue weighted by atomic mass is 10.0. The van der Waals surface area contributed by atoms with Crippen molar-refractivity contribution < 1.29 is 9.53 Å². The number of benzene rings is 2. The molecule has 0 aliphatic carbocycles. The Morgan fingerprint density at radius 1 is 1.04 bits per heavy atom. The van der Waals surface area contributed by atoms with Crippen LogP contribution in [0.15, 0.2) is 53.3 Å². The highest BCUT2D eigenvalue weighted by molar-refractivity contribution is 5.98. The molecule has 27 heavy (non-hydrogen) atoms. The topological polar surface area (TPSA) is 87.0 Å². The van der Waals surface area contributed by atoms with Gasteiger partial charge in [0.1, 0.15) is 5.52 Å². The fraction of sp³-hybridized carbons (Fsp3) is 0.150. The van der Waals surface area contributed by atoms with Crippen molar-refractivity contribution in [3.63, 3.8) is 0 Å². The largest absolute Gasteiger partial charge is 0.465 e. The van der Waals surface area contributed by atoms with Crippen LogP contribution < -0.4 is 5.56 Å². The number of aryl methyl sites for hydroxylation is 1. The molecule has 0 amide bonds. The minimum atomic E-state index is -0.498. The van der Waals surface area contributed by atoms with Gasteiger partial charge in [0.05, 0.1) is 35.8 Å². The Morgan fingerprint density at radius 3 is 2.44 bits per heavy atom. The van der Waals surface area contributed by atoms with Gasteiger partial charge in [-0.1, -0.05) is 35.5 Å². The quantitative estimate of drug-likeness (QED) is 0.522. The van der Waals surface area contributed by atoms with Gasteiger partial charge in [0.15, 0.2) is 0 Å². The zero-order chi connectivity index (χ0) is 19.0. The van der Waals surface area contributed by atoms with Crippen molar-refractivity contribution in [2.24, 2.45) is 0 Å². The first kappa shape index (κ1) is 16.8. The molecule has 0 unspecified atom stereocenters. The monoisotopic (exact) mass is 360 g/mol. The van der Waals surface area contributed by atoms with Crippen LogP contribution in [0, 0.1) is 6.92 Å². The molecule has 0 N–H and O–H groups in total. The van der Waals surface area contributed by atoms with Gasteiger partial charge in [0, 0.05) is 5.39 Å². The second-order valence-corrected chi connectivity index (χ2v) is 6.14. The van der Waals surface area contributed by atoms with Crippen molar-refractivity contribution >= 4 is 27.8 Å². The lowest BCUT2D eigenvalue weighted by Crippen LogP contribution is -2.26. The Morgan fingerprint density at radius 2 is 1.70 bits per heavy atom. The van der Waals surface area contributed by atoms with Gasteiger partial charge in [0.25, 0.3) is 5.56 Å². The summed E-state index contributed by atoms with van der Waals surface area (Å²) < 4.78 is 6.16. The van der Waals surface area contributed by atoms with Crippen molar-refractivity contribution in [3.05, 3.63) is 75.7 Å². The smallest absolute Gasteiger partial charge is 0.340 e. The molecule has 0 aliphatic heterocycles. The summed E-state index contributed by atoms with van der Waals surface area (Å²) in [6, 6.07) is 14.5. The summed E-state index contributed by atoms with van der Waals surface area (Å²) in [7, 11) is 1.32. The van der Waals surface area contributed by atoms with Crippen LogP contribution >= 0.6 is 0 Å². The number of ether oxygens (including phenoxy) is 1. The summed E-state index contributed by atoms with van der Waals surface area (Å²) in [6.45, 7) is 1.86. The number of nitrogens with zero attached hydrogens (tertiary/aromatic N) is 4. The minimum Gasteiger partial charge on any atom is -0.465 e. The number of esters is 1.